The molecule has 1 aromatic rings. The summed E-state index contributed by atoms with van der Waals surface area (Å²) < 4.78 is 4.75. The fraction of sp³-hybridized carbons (Fsp3) is 0.250. The van der Waals surface area contributed by atoms with Crippen LogP contribution < -0.4 is 0 Å². The Hall–Kier alpha value is -2.17. The van der Waals surface area contributed by atoms with Crippen molar-refractivity contribution in [1.29, 1.82) is 0 Å². The van der Waals surface area contributed by atoms with Crippen molar-refractivity contribution in [1.82, 2.24) is 0 Å². The minimum Gasteiger partial charge on any atom is -0.463 e. The van der Waals surface area contributed by atoms with Crippen LogP contribution in [-0.4, -0.2) is 17.5 Å². The molecule has 17 heavy (non-hydrogen) atoms. The van der Waals surface area contributed by atoms with Gasteiger partial charge in [0.25, 0.3) is 5.69 Å². The molecule has 0 aromatic heterocycles. The summed E-state index contributed by atoms with van der Waals surface area (Å²) >= 11 is 0. The van der Waals surface area contributed by atoms with Crippen molar-refractivity contribution in [3.8, 4) is 0 Å². The van der Waals surface area contributed by atoms with Gasteiger partial charge in [0.2, 0.25) is 0 Å². The molecule has 0 saturated carbocycles. The maximum Gasteiger partial charge on any atom is 0.331 e. The topological polar surface area (TPSA) is 69.4 Å². The highest BCUT2D eigenvalue weighted by molar-refractivity contribution is 5.92. The molecule has 5 nitrogen and oxygen atoms in total. The molecule has 0 aliphatic rings. The Kier molecular flexibility index (Phi) is 4.39. The normalized spacial score (nSPS) is 11.1. The molecule has 0 saturated heterocycles. The third kappa shape index (κ3) is 3.41. The SMILES string of the molecule is CCOC(=O)/C=C(\C)c1ccccc1[N+](=O)[O-]. The van der Waals surface area contributed by atoms with Crippen LogP contribution in [0.25, 0.3) is 5.57 Å². The van der Waals surface area contributed by atoms with Crippen molar-refractivity contribution in [3.05, 3.63) is 46.0 Å². The first-order chi connectivity index (χ1) is 8.06. The number of esters is 1. The van der Waals surface area contributed by atoms with Gasteiger partial charge in [-0.2, -0.15) is 0 Å². The van der Waals surface area contributed by atoms with Crippen molar-refractivity contribution < 1.29 is 14.5 Å². The highest BCUT2D eigenvalue weighted by Gasteiger charge is 2.14. The van der Waals surface area contributed by atoms with Crippen LogP contribution in [0.2, 0.25) is 0 Å². The lowest BCUT2D eigenvalue weighted by Gasteiger charge is -2.03. The number of carbonyl (C=O) groups excluding carboxylic acids is 1. The molecule has 0 unspecified atom stereocenters. The summed E-state index contributed by atoms with van der Waals surface area (Å²) in [5, 5.41) is 10.8. The van der Waals surface area contributed by atoms with E-state index >= 15 is 0 Å². The zero-order valence-corrected chi connectivity index (χ0v) is 9.67. The fourth-order valence-electron chi connectivity index (χ4n) is 1.40. The van der Waals surface area contributed by atoms with Crippen molar-refractivity contribution in [2.24, 2.45) is 0 Å². The molecule has 0 atom stereocenters. The predicted molar refractivity (Wildman–Crippen MR) is 63.4 cm³/mol. The Balaban J connectivity index is 3.07. The number of allylic oxidation sites excluding steroid dienone is 1. The van der Waals surface area contributed by atoms with Gasteiger partial charge in [0.1, 0.15) is 0 Å². The Labute approximate surface area is 98.9 Å². The number of para-hydroxylation sites is 1. The zero-order chi connectivity index (χ0) is 12.8. The van der Waals surface area contributed by atoms with Gasteiger partial charge in [0, 0.05) is 12.1 Å². The van der Waals surface area contributed by atoms with E-state index in [4.69, 9.17) is 4.74 Å². The van der Waals surface area contributed by atoms with Gasteiger partial charge < -0.3 is 4.74 Å². The van der Waals surface area contributed by atoms with E-state index in [1.54, 1.807) is 32.0 Å². The zero-order valence-electron chi connectivity index (χ0n) is 9.67. The van der Waals surface area contributed by atoms with Crippen molar-refractivity contribution in [2.45, 2.75) is 13.8 Å². The Morgan fingerprint density at radius 3 is 2.71 bits per heavy atom. The monoisotopic (exact) mass is 235 g/mol. The molecule has 90 valence electrons. The first-order valence-corrected chi connectivity index (χ1v) is 5.15. The Morgan fingerprint density at radius 1 is 1.47 bits per heavy atom. The smallest absolute Gasteiger partial charge is 0.331 e. The van der Waals surface area contributed by atoms with Gasteiger partial charge in [-0.15, -0.1) is 0 Å². The molecule has 1 rings (SSSR count). The number of nitro groups is 1. The third-order valence-electron chi connectivity index (χ3n) is 2.15. The predicted octanol–water partition coefficient (Wildman–Crippen LogP) is 2.56. The molecule has 0 aliphatic heterocycles. The first-order valence-electron chi connectivity index (χ1n) is 5.15. The summed E-state index contributed by atoms with van der Waals surface area (Å²) in [6.45, 7) is 3.62. The van der Waals surface area contributed by atoms with Gasteiger partial charge in [-0.25, -0.2) is 4.79 Å². The lowest BCUT2D eigenvalue weighted by Crippen LogP contribution is -2.01. The number of carbonyl (C=O) groups is 1. The molecule has 5 heteroatoms. The Bertz CT molecular complexity index is 465. The molecule has 1 aromatic carbocycles. The molecule has 0 heterocycles. The van der Waals surface area contributed by atoms with Gasteiger partial charge in [0.05, 0.1) is 17.1 Å². The molecule has 0 N–H and O–H groups in total. The van der Waals surface area contributed by atoms with Crippen LogP contribution in [0, 0.1) is 10.1 Å². The number of benzene rings is 1. The van der Waals surface area contributed by atoms with E-state index in [0.717, 1.165) is 0 Å². The molecular formula is C12H13NO4. The van der Waals surface area contributed by atoms with E-state index < -0.39 is 10.9 Å². The van der Waals surface area contributed by atoms with Crippen LogP contribution in [-0.2, 0) is 9.53 Å². The van der Waals surface area contributed by atoms with E-state index in [2.05, 4.69) is 0 Å². The quantitative estimate of drug-likeness (QED) is 0.348. The fourth-order valence-corrected chi connectivity index (χ4v) is 1.40. The van der Waals surface area contributed by atoms with E-state index in [0.29, 0.717) is 11.1 Å². The van der Waals surface area contributed by atoms with Gasteiger partial charge in [-0.1, -0.05) is 12.1 Å². The highest BCUT2D eigenvalue weighted by Crippen LogP contribution is 2.25. The van der Waals surface area contributed by atoms with Crippen LogP contribution in [0.1, 0.15) is 19.4 Å². The second-order valence-corrected chi connectivity index (χ2v) is 3.35. The second-order valence-electron chi connectivity index (χ2n) is 3.35. The number of hydrogen-bond acceptors (Lipinski definition) is 4. The van der Waals surface area contributed by atoms with Gasteiger partial charge >= 0.3 is 5.97 Å². The largest absolute Gasteiger partial charge is 0.463 e. The maximum atomic E-state index is 11.2. The molecule has 0 bridgehead atoms. The molecule has 0 radical (unpaired) electrons. The third-order valence-corrected chi connectivity index (χ3v) is 2.15. The Morgan fingerprint density at radius 2 is 2.12 bits per heavy atom. The molecule has 0 aliphatic carbocycles. The number of ether oxygens (including phenoxy) is 1. The lowest BCUT2D eigenvalue weighted by atomic mass is 10.1. The van der Waals surface area contributed by atoms with Crippen LogP contribution in [0.15, 0.2) is 30.3 Å². The maximum absolute atomic E-state index is 11.2. The summed E-state index contributed by atoms with van der Waals surface area (Å²) in [6.07, 6.45) is 1.26. The summed E-state index contributed by atoms with van der Waals surface area (Å²) in [4.78, 5) is 21.6. The molecule has 0 fully saturated rings. The minimum atomic E-state index is -0.497. The molecule has 0 spiro atoms. The highest BCUT2D eigenvalue weighted by atomic mass is 16.6. The van der Waals surface area contributed by atoms with E-state index in [-0.39, 0.29) is 12.3 Å². The van der Waals surface area contributed by atoms with Gasteiger partial charge in [-0.3, -0.25) is 10.1 Å². The lowest BCUT2D eigenvalue weighted by molar-refractivity contribution is -0.385. The van der Waals surface area contributed by atoms with E-state index in [1.165, 1.54) is 12.1 Å². The summed E-state index contributed by atoms with van der Waals surface area (Å²) in [5.41, 5.74) is 0.909. The number of nitro benzene ring substituents is 1. The molecular weight excluding hydrogens is 222 g/mol. The summed E-state index contributed by atoms with van der Waals surface area (Å²) in [5.74, 6) is -0.497. The van der Waals surface area contributed by atoms with E-state index in [9.17, 15) is 14.9 Å². The first kappa shape index (κ1) is 12.9. The molecule has 0 amide bonds. The second kappa shape index (κ2) is 5.79. The van der Waals surface area contributed by atoms with Crippen LogP contribution >= 0.6 is 0 Å². The minimum absolute atomic E-state index is 0.0226. The van der Waals surface area contributed by atoms with E-state index in [1.807, 2.05) is 0 Å². The summed E-state index contributed by atoms with van der Waals surface area (Å²) in [7, 11) is 0. The average molecular weight is 235 g/mol. The van der Waals surface area contributed by atoms with Crippen LogP contribution in [0.5, 0.6) is 0 Å². The summed E-state index contributed by atoms with van der Waals surface area (Å²) in [6, 6.07) is 6.27. The average Bonchev–Trinajstić information content (AvgIpc) is 2.29. The number of rotatable bonds is 4. The van der Waals surface area contributed by atoms with Crippen LogP contribution in [0.3, 0.4) is 0 Å². The number of nitrogens with zero attached hydrogens (tertiary/aromatic N) is 1. The van der Waals surface area contributed by atoms with Gasteiger partial charge in [0.15, 0.2) is 0 Å². The van der Waals surface area contributed by atoms with Crippen molar-refractivity contribution >= 4 is 17.2 Å². The van der Waals surface area contributed by atoms with Crippen molar-refractivity contribution in [3.63, 3.8) is 0 Å². The standard InChI is InChI=1S/C12H13NO4/c1-3-17-12(14)8-9(2)10-6-4-5-7-11(10)13(15)16/h4-8H,3H2,1-2H3/b9-8+. The van der Waals surface area contributed by atoms with Crippen molar-refractivity contribution in [2.75, 3.05) is 6.61 Å². The number of hydrogen-bond donors (Lipinski definition) is 0. The van der Waals surface area contributed by atoms with Gasteiger partial charge in [-0.05, 0) is 25.5 Å². The van der Waals surface area contributed by atoms with Crippen LogP contribution in [0.4, 0.5) is 5.69 Å².